The summed E-state index contributed by atoms with van der Waals surface area (Å²) in [6.45, 7) is 1.64. The van der Waals surface area contributed by atoms with Crippen molar-refractivity contribution in [2.75, 3.05) is 20.2 Å². The molecule has 104 valence electrons. The van der Waals surface area contributed by atoms with E-state index in [9.17, 15) is 4.79 Å². The second kappa shape index (κ2) is 7.14. The summed E-state index contributed by atoms with van der Waals surface area (Å²) in [5.74, 6) is 0.993. The van der Waals surface area contributed by atoms with Crippen LogP contribution in [0.2, 0.25) is 0 Å². The summed E-state index contributed by atoms with van der Waals surface area (Å²) < 4.78 is 5.11. The Bertz CT molecular complexity index is 397. The van der Waals surface area contributed by atoms with Gasteiger partial charge in [0.25, 0.3) is 0 Å². The first-order chi connectivity index (χ1) is 9.29. The quantitative estimate of drug-likeness (QED) is 0.845. The number of carbonyl (C=O) groups excluding carboxylic acids is 1. The molecule has 19 heavy (non-hydrogen) atoms. The molecule has 1 aromatic rings. The van der Waals surface area contributed by atoms with Gasteiger partial charge in [0.1, 0.15) is 5.75 Å². The van der Waals surface area contributed by atoms with Crippen LogP contribution in [0.3, 0.4) is 0 Å². The fourth-order valence-corrected chi connectivity index (χ4v) is 2.32. The van der Waals surface area contributed by atoms with Crippen molar-refractivity contribution in [3.05, 3.63) is 29.8 Å². The molecule has 1 saturated heterocycles. The van der Waals surface area contributed by atoms with E-state index in [1.807, 2.05) is 24.3 Å². The Labute approximate surface area is 114 Å². The lowest BCUT2D eigenvalue weighted by Crippen LogP contribution is -2.47. The van der Waals surface area contributed by atoms with Crippen LogP contribution in [-0.2, 0) is 11.2 Å². The van der Waals surface area contributed by atoms with Gasteiger partial charge >= 0.3 is 0 Å². The van der Waals surface area contributed by atoms with E-state index in [0.29, 0.717) is 6.54 Å². The summed E-state index contributed by atoms with van der Waals surface area (Å²) >= 11 is 0. The number of hydrogen-bond acceptors (Lipinski definition) is 3. The maximum Gasteiger partial charge on any atom is 0.237 e. The molecule has 1 aliphatic rings. The molecule has 1 amide bonds. The molecule has 0 saturated carbocycles. The van der Waals surface area contributed by atoms with Crippen LogP contribution in [0.15, 0.2) is 24.3 Å². The number of ether oxygens (including phenoxy) is 1. The van der Waals surface area contributed by atoms with Crippen LogP contribution in [0.4, 0.5) is 0 Å². The molecule has 1 aliphatic heterocycles. The molecule has 1 unspecified atom stereocenters. The summed E-state index contributed by atoms with van der Waals surface area (Å²) in [7, 11) is 1.66. The predicted molar refractivity (Wildman–Crippen MR) is 75.3 cm³/mol. The number of hydrogen-bond donors (Lipinski definition) is 2. The minimum absolute atomic E-state index is 0.00428. The molecular formula is C15H22N2O2. The van der Waals surface area contributed by atoms with Crippen LogP contribution >= 0.6 is 0 Å². The van der Waals surface area contributed by atoms with Crippen molar-refractivity contribution in [2.45, 2.75) is 31.7 Å². The highest BCUT2D eigenvalue weighted by atomic mass is 16.5. The highest BCUT2D eigenvalue weighted by molar-refractivity contribution is 5.81. The zero-order valence-corrected chi connectivity index (χ0v) is 11.4. The van der Waals surface area contributed by atoms with E-state index < -0.39 is 0 Å². The first kappa shape index (κ1) is 13.9. The predicted octanol–water partition coefficient (Wildman–Crippen LogP) is 1.50. The van der Waals surface area contributed by atoms with Crippen LogP contribution < -0.4 is 15.4 Å². The Kier molecular flexibility index (Phi) is 5.21. The van der Waals surface area contributed by atoms with Gasteiger partial charge in [0, 0.05) is 6.54 Å². The van der Waals surface area contributed by atoms with Gasteiger partial charge in [0.05, 0.1) is 13.2 Å². The summed E-state index contributed by atoms with van der Waals surface area (Å²) in [6, 6.07) is 7.96. The molecule has 0 aliphatic carbocycles. The topological polar surface area (TPSA) is 50.4 Å². The van der Waals surface area contributed by atoms with Gasteiger partial charge in [-0.1, -0.05) is 18.6 Å². The van der Waals surface area contributed by atoms with Gasteiger partial charge in [-0.3, -0.25) is 4.79 Å². The second-order valence-electron chi connectivity index (χ2n) is 4.89. The van der Waals surface area contributed by atoms with Gasteiger partial charge in [-0.15, -0.1) is 0 Å². The third-order valence-electron chi connectivity index (χ3n) is 3.50. The lowest BCUT2D eigenvalue weighted by Gasteiger charge is -2.22. The maximum absolute atomic E-state index is 11.9. The van der Waals surface area contributed by atoms with Crippen LogP contribution in [0.1, 0.15) is 24.8 Å². The van der Waals surface area contributed by atoms with E-state index >= 15 is 0 Å². The van der Waals surface area contributed by atoms with Crippen LogP contribution in [0, 0.1) is 0 Å². The molecule has 1 atom stereocenters. The van der Waals surface area contributed by atoms with Crippen molar-refractivity contribution in [3.63, 3.8) is 0 Å². The Hall–Kier alpha value is -1.55. The van der Waals surface area contributed by atoms with Gasteiger partial charge < -0.3 is 15.4 Å². The molecular weight excluding hydrogens is 240 g/mol. The summed E-state index contributed by atoms with van der Waals surface area (Å²) in [4.78, 5) is 11.9. The molecule has 4 heteroatoms. The van der Waals surface area contributed by atoms with E-state index in [2.05, 4.69) is 10.6 Å². The monoisotopic (exact) mass is 262 g/mol. The zero-order chi connectivity index (χ0) is 13.5. The fourth-order valence-electron chi connectivity index (χ4n) is 2.32. The Balaban J connectivity index is 1.71. The molecule has 2 rings (SSSR count). The van der Waals surface area contributed by atoms with Crippen LogP contribution in [0.5, 0.6) is 5.75 Å². The normalized spacial score (nSPS) is 18.9. The summed E-state index contributed by atoms with van der Waals surface area (Å²) in [5.41, 5.74) is 1.21. The van der Waals surface area contributed by atoms with Crippen molar-refractivity contribution < 1.29 is 9.53 Å². The van der Waals surface area contributed by atoms with Gasteiger partial charge in [-0.05, 0) is 43.5 Å². The highest BCUT2D eigenvalue weighted by Gasteiger charge is 2.19. The minimum Gasteiger partial charge on any atom is -0.497 e. The molecule has 1 aromatic carbocycles. The lowest BCUT2D eigenvalue weighted by atomic mass is 10.0. The average molecular weight is 262 g/mol. The molecule has 0 spiro atoms. The smallest absolute Gasteiger partial charge is 0.237 e. The largest absolute Gasteiger partial charge is 0.497 e. The third kappa shape index (κ3) is 4.24. The van der Waals surface area contributed by atoms with Crippen molar-refractivity contribution >= 4 is 5.91 Å². The number of carbonyl (C=O) groups is 1. The summed E-state index contributed by atoms with van der Waals surface area (Å²) in [6.07, 6.45) is 4.12. The van der Waals surface area contributed by atoms with E-state index in [1.54, 1.807) is 7.11 Å². The molecule has 1 fully saturated rings. The molecule has 0 bridgehead atoms. The van der Waals surface area contributed by atoms with Crippen molar-refractivity contribution in [1.29, 1.82) is 0 Å². The Morgan fingerprint density at radius 2 is 2.16 bits per heavy atom. The van der Waals surface area contributed by atoms with Crippen molar-refractivity contribution in [2.24, 2.45) is 0 Å². The number of benzene rings is 1. The van der Waals surface area contributed by atoms with Gasteiger partial charge in [0.15, 0.2) is 0 Å². The number of piperidine rings is 1. The van der Waals surface area contributed by atoms with E-state index in [1.165, 1.54) is 12.0 Å². The SMILES string of the molecule is COc1ccc(CCNC(=O)C2CCCCN2)cc1. The maximum atomic E-state index is 11.9. The number of methoxy groups -OCH3 is 1. The highest BCUT2D eigenvalue weighted by Crippen LogP contribution is 2.11. The Morgan fingerprint density at radius 3 is 2.79 bits per heavy atom. The zero-order valence-electron chi connectivity index (χ0n) is 11.4. The summed E-state index contributed by atoms with van der Waals surface area (Å²) in [5, 5.41) is 6.25. The molecule has 4 nitrogen and oxygen atoms in total. The van der Waals surface area contributed by atoms with Gasteiger partial charge in [-0.25, -0.2) is 0 Å². The molecule has 2 N–H and O–H groups in total. The van der Waals surface area contributed by atoms with Gasteiger partial charge in [-0.2, -0.15) is 0 Å². The van der Waals surface area contributed by atoms with Crippen LogP contribution in [0.25, 0.3) is 0 Å². The van der Waals surface area contributed by atoms with Crippen LogP contribution in [-0.4, -0.2) is 32.1 Å². The van der Waals surface area contributed by atoms with E-state index in [4.69, 9.17) is 4.74 Å². The molecule has 0 aromatic heterocycles. The van der Waals surface area contributed by atoms with Gasteiger partial charge in [0.2, 0.25) is 5.91 Å². The first-order valence-corrected chi connectivity index (χ1v) is 6.93. The fraction of sp³-hybridized carbons (Fsp3) is 0.533. The average Bonchev–Trinajstić information content (AvgIpc) is 2.49. The van der Waals surface area contributed by atoms with Crippen molar-refractivity contribution in [1.82, 2.24) is 10.6 Å². The van der Waals surface area contributed by atoms with Crippen molar-refractivity contribution in [3.8, 4) is 5.75 Å². The minimum atomic E-state index is 0.00428. The third-order valence-corrected chi connectivity index (χ3v) is 3.50. The molecule has 1 heterocycles. The standard InChI is InChI=1S/C15H22N2O2/c1-19-13-7-5-12(6-8-13)9-11-17-15(18)14-4-2-3-10-16-14/h5-8,14,16H,2-4,9-11H2,1H3,(H,17,18). The number of rotatable bonds is 5. The second-order valence-corrected chi connectivity index (χ2v) is 4.89. The lowest BCUT2D eigenvalue weighted by molar-refractivity contribution is -0.123. The van der Waals surface area contributed by atoms with E-state index in [-0.39, 0.29) is 11.9 Å². The number of nitrogens with one attached hydrogen (secondary N) is 2. The first-order valence-electron chi connectivity index (χ1n) is 6.93. The van der Waals surface area contributed by atoms with E-state index in [0.717, 1.165) is 31.6 Å². The number of amides is 1. The Morgan fingerprint density at radius 1 is 1.37 bits per heavy atom. The molecule has 0 radical (unpaired) electrons.